The zero-order valence-corrected chi connectivity index (χ0v) is 13.2. The highest BCUT2D eigenvalue weighted by Crippen LogP contribution is 2.17. The van der Waals surface area contributed by atoms with Crippen molar-refractivity contribution in [3.05, 3.63) is 50.6 Å². The summed E-state index contributed by atoms with van der Waals surface area (Å²) in [5, 5.41) is 4.81. The fourth-order valence-electron chi connectivity index (χ4n) is 1.99. The lowest BCUT2D eigenvalue weighted by atomic mass is 10.3. The van der Waals surface area contributed by atoms with Crippen molar-refractivity contribution in [2.24, 2.45) is 0 Å². The minimum atomic E-state index is -0.147. The molecule has 2 rings (SSSR count). The first-order valence-electron chi connectivity index (χ1n) is 6.73. The second kappa shape index (κ2) is 6.69. The molecule has 1 N–H and O–H groups in total. The molecule has 2 aromatic rings. The van der Waals surface area contributed by atoms with E-state index in [2.05, 4.69) is 10.2 Å². The largest absolute Gasteiger partial charge is 0.320 e. The Kier molecular flexibility index (Phi) is 4.93. The van der Waals surface area contributed by atoms with Crippen molar-refractivity contribution < 1.29 is 4.79 Å². The van der Waals surface area contributed by atoms with Gasteiger partial charge in [-0.05, 0) is 44.1 Å². The number of carbonyl (C=O) groups excluding carboxylic acids is 1. The maximum absolute atomic E-state index is 12.2. The third-order valence-corrected chi connectivity index (χ3v) is 3.94. The number of aromatic nitrogens is 1. The molecule has 112 valence electrons. The van der Waals surface area contributed by atoms with Crippen molar-refractivity contribution >= 4 is 22.9 Å². The molecule has 1 amide bonds. The van der Waals surface area contributed by atoms with Crippen LogP contribution in [0.4, 0.5) is 5.69 Å². The van der Waals surface area contributed by atoms with Crippen molar-refractivity contribution in [3.8, 4) is 0 Å². The molecule has 0 bridgehead atoms. The maximum Gasteiger partial charge on any atom is 0.265 e. The Morgan fingerprint density at radius 3 is 2.81 bits per heavy atom. The van der Waals surface area contributed by atoms with Crippen molar-refractivity contribution in [1.29, 1.82) is 0 Å². The van der Waals surface area contributed by atoms with Crippen LogP contribution in [0.2, 0.25) is 0 Å². The van der Waals surface area contributed by atoms with Crippen LogP contribution in [0.25, 0.3) is 0 Å². The average Bonchev–Trinajstić information content (AvgIpc) is 2.88. The van der Waals surface area contributed by atoms with E-state index in [0.29, 0.717) is 17.1 Å². The quantitative estimate of drug-likeness (QED) is 0.922. The second-order valence-electron chi connectivity index (χ2n) is 5.05. The van der Waals surface area contributed by atoms with E-state index in [1.165, 1.54) is 17.4 Å². The second-order valence-corrected chi connectivity index (χ2v) is 5.96. The molecule has 0 unspecified atom stereocenters. The van der Waals surface area contributed by atoms with Crippen LogP contribution in [0, 0.1) is 0 Å². The summed E-state index contributed by atoms with van der Waals surface area (Å²) < 4.78 is 1.56. The molecule has 0 atom stereocenters. The Bertz CT molecular complexity index is 688. The van der Waals surface area contributed by atoms with Gasteiger partial charge in [-0.1, -0.05) is 0 Å². The Morgan fingerprint density at radius 2 is 2.14 bits per heavy atom. The first-order valence-corrected chi connectivity index (χ1v) is 7.61. The molecule has 6 heteroatoms. The van der Waals surface area contributed by atoms with Gasteiger partial charge in [-0.25, -0.2) is 0 Å². The summed E-state index contributed by atoms with van der Waals surface area (Å²) in [6.07, 6.45) is 1.66. The summed E-state index contributed by atoms with van der Waals surface area (Å²) in [6.45, 7) is 3.28. The number of anilines is 1. The van der Waals surface area contributed by atoms with E-state index in [4.69, 9.17) is 0 Å². The van der Waals surface area contributed by atoms with Crippen LogP contribution < -0.4 is 10.9 Å². The molecule has 0 fully saturated rings. The van der Waals surface area contributed by atoms with Crippen molar-refractivity contribution in [2.75, 3.05) is 19.4 Å². The zero-order valence-electron chi connectivity index (χ0n) is 12.4. The number of thiophene rings is 1. The normalized spacial score (nSPS) is 10.9. The SMILES string of the molecule is CCn1cc(NC(=O)c2cc(CN(C)C)cs2)ccc1=O. The van der Waals surface area contributed by atoms with Crippen molar-refractivity contribution in [1.82, 2.24) is 9.47 Å². The predicted molar refractivity (Wildman–Crippen MR) is 86.0 cm³/mol. The highest BCUT2D eigenvalue weighted by atomic mass is 32.1. The summed E-state index contributed by atoms with van der Waals surface area (Å²) in [6, 6.07) is 4.99. The molecule has 0 aliphatic heterocycles. The zero-order chi connectivity index (χ0) is 15.4. The molecule has 5 nitrogen and oxygen atoms in total. The average molecular weight is 305 g/mol. The summed E-state index contributed by atoms with van der Waals surface area (Å²) in [7, 11) is 3.98. The van der Waals surface area contributed by atoms with Gasteiger partial charge in [-0.3, -0.25) is 9.59 Å². The lowest BCUT2D eigenvalue weighted by Crippen LogP contribution is -2.19. The van der Waals surface area contributed by atoms with Crippen LogP contribution >= 0.6 is 11.3 Å². The number of rotatable bonds is 5. The molecule has 0 radical (unpaired) electrons. The van der Waals surface area contributed by atoms with Crippen molar-refractivity contribution in [2.45, 2.75) is 20.0 Å². The lowest BCUT2D eigenvalue weighted by Gasteiger charge is -2.07. The van der Waals surface area contributed by atoms with Gasteiger partial charge in [0.05, 0.1) is 10.6 Å². The third kappa shape index (κ3) is 4.03. The van der Waals surface area contributed by atoms with Crippen LogP contribution in [0.5, 0.6) is 0 Å². The van der Waals surface area contributed by atoms with Gasteiger partial charge in [-0.15, -0.1) is 11.3 Å². The Hall–Kier alpha value is -1.92. The lowest BCUT2D eigenvalue weighted by molar-refractivity contribution is 0.103. The van der Waals surface area contributed by atoms with Crippen LogP contribution in [0.15, 0.2) is 34.6 Å². The predicted octanol–water partition coefficient (Wildman–Crippen LogP) is 2.24. The van der Waals surface area contributed by atoms with Gasteiger partial charge in [0.25, 0.3) is 11.5 Å². The molecular weight excluding hydrogens is 286 g/mol. The minimum absolute atomic E-state index is 0.0695. The monoisotopic (exact) mass is 305 g/mol. The molecule has 0 aliphatic carbocycles. The fraction of sp³-hybridized carbons (Fsp3) is 0.333. The molecular formula is C15H19N3O2S. The molecule has 21 heavy (non-hydrogen) atoms. The number of nitrogens with one attached hydrogen (secondary N) is 1. The molecule has 2 aromatic heterocycles. The topological polar surface area (TPSA) is 54.3 Å². The number of pyridine rings is 1. The molecule has 0 spiro atoms. The Labute approximate surface area is 127 Å². The third-order valence-electron chi connectivity index (χ3n) is 2.96. The van der Waals surface area contributed by atoms with E-state index in [1.807, 2.05) is 32.5 Å². The van der Waals surface area contributed by atoms with Crippen molar-refractivity contribution in [3.63, 3.8) is 0 Å². The van der Waals surface area contributed by atoms with E-state index in [0.717, 1.165) is 12.1 Å². The highest BCUT2D eigenvalue weighted by Gasteiger charge is 2.10. The highest BCUT2D eigenvalue weighted by molar-refractivity contribution is 7.12. The molecule has 0 aliphatic rings. The first-order chi connectivity index (χ1) is 9.99. The number of amides is 1. The van der Waals surface area contributed by atoms with Gasteiger partial charge < -0.3 is 14.8 Å². The number of hydrogen-bond donors (Lipinski definition) is 1. The van der Waals surface area contributed by atoms with Crippen LogP contribution in [-0.2, 0) is 13.1 Å². The van der Waals surface area contributed by atoms with E-state index >= 15 is 0 Å². The number of aryl methyl sites for hydroxylation is 1. The van der Waals surface area contributed by atoms with E-state index in [1.54, 1.807) is 16.8 Å². The van der Waals surface area contributed by atoms with E-state index < -0.39 is 0 Å². The smallest absolute Gasteiger partial charge is 0.265 e. The van der Waals surface area contributed by atoms with Gasteiger partial charge >= 0.3 is 0 Å². The maximum atomic E-state index is 12.2. The first kappa shape index (κ1) is 15.5. The van der Waals surface area contributed by atoms with Crippen LogP contribution in [0.3, 0.4) is 0 Å². The number of nitrogens with zero attached hydrogens (tertiary/aromatic N) is 2. The van der Waals surface area contributed by atoms with Gasteiger partial charge in [0, 0.05) is 25.4 Å². The standard InChI is InChI=1S/C15H19N3O2S/c1-4-18-9-12(5-6-14(18)19)16-15(20)13-7-11(10-21-13)8-17(2)3/h5-7,9-10H,4,8H2,1-3H3,(H,16,20). The Balaban J connectivity index is 2.10. The van der Waals surface area contributed by atoms with Gasteiger partial charge in [0.15, 0.2) is 0 Å². The molecule has 0 saturated heterocycles. The van der Waals surface area contributed by atoms with Gasteiger partial charge in [0.1, 0.15) is 0 Å². The molecule has 0 aromatic carbocycles. The van der Waals surface area contributed by atoms with E-state index in [-0.39, 0.29) is 11.5 Å². The summed E-state index contributed by atoms with van der Waals surface area (Å²) >= 11 is 1.42. The number of carbonyl (C=O) groups is 1. The van der Waals surface area contributed by atoms with E-state index in [9.17, 15) is 9.59 Å². The van der Waals surface area contributed by atoms with Gasteiger partial charge in [0.2, 0.25) is 0 Å². The van der Waals surface area contributed by atoms with Crippen LogP contribution in [-0.4, -0.2) is 29.5 Å². The minimum Gasteiger partial charge on any atom is -0.320 e. The summed E-state index contributed by atoms with van der Waals surface area (Å²) in [5.74, 6) is -0.147. The van der Waals surface area contributed by atoms with Gasteiger partial charge in [-0.2, -0.15) is 0 Å². The van der Waals surface area contributed by atoms with Crippen LogP contribution in [0.1, 0.15) is 22.2 Å². The fourth-order valence-corrected chi connectivity index (χ4v) is 2.79. The molecule has 0 saturated carbocycles. The number of hydrogen-bond acceptors (Lipinski definition) is 4. The summed E-state index contributed by atoms with van der Waals surface area (Å²) in [5.41, 5.74) is 1.68. The summed E-state index contributed by atoms with van der Waals surface area (Å²) in [4.78, 5) is 26.4. The molecule has 2 heterocycles. The Morgan fingerprint density at radius 1 is 1.38 bits per heavy atom.